The first-order valence-corrected chi connectivity index (χ1v) is 8.12. The molecular weight excluding hydrogens is 302 g/mol. The number of carbonyl (C=O) groups is 1. The van der Waals surface area contributed by atoms with Crippen molar-refractivity contribution >= 4 is 11.7 Å². The quantitative estimate of drug-likeness (QED) is 0.842. The van der Waals surface area contributed by atoms with Crippen molar-refractivity contribution in [2.24, 2.45) is 0 Å². The Morgan fingerprint density at radius 2 is 1.96 bits per heavy atom. The maximum Gasteiger partial charge on any atom is 0.311 e. The van der Waals surface area contributed by atoms with E-state index in [9.17, 15) is 9.90 Å². The van der Waals surface area contributed by atoms with Gasteiger partial charge in [-0.3, -0.25) is 4.79 Å². The lowest BCUT2D eigenvalue weighted by molar-refractivity contribution is -0.138. The van der Waals surface area contributed by atoms with Crippen LogP contribution in [0.15, 0.2) is 42.5 Å². The summed E-state index contributed by atoms with van der Waals surface area (Å²) in [7, 11) is 5.51. The van der Waals surface area contributed by atoms with Crippen molar-refractivity contribution in [2.75, 3.05) is 26.1 Å². The number of nitrogens with zero attached hydrogens (tertiary/aromatic N) is 1. The lowest BCUT2D eigenvalue weighted by atomic mass is 9.90. The molecule has 0 saturated heterocycles. The monoisotopic (exact) mass is 327 g/mol. The van der Waals surface area contributed by atoms with Crippen molar-refractivity contribution in [1.29, 1.82) is 0 Å². The van der Waals surface area contributed by atoms with Gasteiger partial charge in [0, 0.05) is 19.8 Å². The standard InChI is InChI=1S/C20H25NO3/c1-5-14-9-10-19(24-4)16(11-14)13-18(20(22)23)15-7-6-8-17(12-15)21(2)3/h6-12,18H,5,13H2,1-4H3,(H,22,23). The van der Waals surface area contributed by atoms with Crippen LogP contribution in [-0.4, -0.2) is 32.3 Å². The molecule has 1 unspecified atom stereocenters. The first-order valence-electron chi connectivity index (χ1n) is 8.12. The summed E-state index contributed by atoms with van der Waals surface area (Å²) in [5, 5.41) is 9.75. The maximum atomic E-state index is 11.9. The van der Waals surface area contributed by atoms with Gasteiger partial charge in [0.25, 0.3) is 0 Å². The van der Waals surface area contributed by atoms with Gasteiger partial charge in [0.1, 0.15) is 5.75 Å². The minimum atomic E-state index is -0.824. The number of carboxylic acids is 1. The van der Waals surface area contributed by atoms with Gasteiger partial charge < -0.3 is 14.7 Å². The minimum Gasteiger partial charge on any atom is -0.496 e. The van der Waals surface area contributed by atoms with Crippen LogP contribution < -0.4 is 9.64 Å². The van der Waals surface area contributed by atoms with Crippen LogP contribution >= 0.6 is 0 Å². The molecule has 0 amide bonds. The van der Waals surface area contributed by atoms with Gasteiger partial charge in [-0.1, -0.05) is 31.2 Å². The molecule has 0 aromatic heterocycles. The fraction of sp³-hybridized carbons (Fsp3) is 0.350. The second kappa shape index (κ2) is 7.86. The highest BCUT2D eigenvalue weighted by Crippen LogP contribution is 2.29. The van der Waals surface area contributed by atoms with Crippen LogP contribution in [0.5, 0.6) is 5.75 Å². The number of hydrogen-bond donors (Lipinski definition) is 1. The molecule has 24 heavy (non-hydrogen) atoms. The van der Waals surface area contributed by atoms with Gasteiger partial charge in [-0.05, 0) is 47.7 Å². The molecule has 2 aromatic rings. The van der Waals surface area contributed by atoms with Crippen molar-refractivity contribution in [2.45, 2.75) is 25.7 Å². The summed E-state index contributed by atoms with van der Waals surface area (Å²) in [5.41, 5.74) is 3.90. The fourth-order valence-corrected chi connectivity index (χ4v) is 2.80. The van der Waals surface area contributed by atoms with Crippen molar-refractivity contribution < 1.29 is 14.6 Å². The Hall–Kier alpha value is -2.49. The van der Waals surface area contributed by atoms with E-state index in [-0.39, 0.29) is 0 Å². The molecule has 2 aromatic carbocycles. The Balaban J connectivity index is 2.39. The molecule has 1 atom stereocenters. The summed E-state index contributed by atoms with van der Waals surface area (Å²) in [6.07, 6.45) is 1.31. The molecule has 2 rings (SSSR count). The Labute approximate surface area is 143 Å². The van der Waals surface area contributed by atoms with E-state index in [1.54, 1.807) is 7.11 Å². The zero-order valence-corrected chi connectivity index (χ0v) is 14.7. The van der Waals surface area contributed by atoms with E-state index in [1.165, 1.54) is 5.56 Å². The Morgan fingerprint density at radius 3 is 2.54 bits per heavy atom. The molecule has 0 radical (unpaired) electrons. The predicted molar refractivity (Wildman–Crippen MR) is 97.2 cm³/mol. The predicted octanol–water partition coefficient (Wildman–Crippen LogP) is 3.73. The first-order chi connectivity index (χ1) is 11.5. The molecule has 4 nitrogen and oxygen atoms in total. The number of rotatable bonds is 7. The topological polar surface area (TPSA) is 49.8 Å². The molecule has 0 aliphatic heterocycles. The fourth-order valence-electron chi connectivity index (χ4n) is 2.80. The minimum absolute atomic E-state index is 0.406. The van der Waals surface area contributed by atoms with Crippen molar-refractivity contribution in [3.05, 3.63) is 59.2 Å². The van der Waals surface area contributed by atoms with E-state index < -0.39 is 11.9 Å². The van der Waals surface area contributed by atoms with Crippen LogP contribution in [0.25, 0.3) is 0 Å². The normalized spacial score (nSPS) is 11.8. The van der Waals surface area contributed by atoms with E-state index in [1.807, 2.05) is 61.5 Å². The number of anilines is 1. The number of hydrogen-bond acceptors (Lipinski definition) is 3. The van der Waals surface area contributed by atoms with Gasteiger partial charge >= 0.3 is 5.97 Å². The molecule has 0 spiro atoms. The van der Waals surface area contributed by atoms with Crippen LogP contribution in [0.4, 0.5) is 5.69 Å². The van der Waals surface area contributed by atoms with Crippen LogP contribution in [0.3, 0.4) is 0 Å². The lowest BCUT2D eigenvalue weighted by Crippen LogP contribution is -2.16. The third-order valence-corrected chi connectivity index (χ3v) is 4.26. The lowest BCUT2D eigenvalue weighted by Gasteiger charge is -2.19. The number of benzene rings is 2. The number of carboxylic acid groups (broad SMARTS) is 1. The molecule has 0 fully saturated rings. The SMILES string of the molecule is CCc1ccc(OC)c(CC(C(=O)O)c2cccc(N(C)C)c2)c1. The molecule has 1 N–H and O–H groups in total. The number of aryl methyl sites for hydroxylation is 1. The summed E-state index contributed by atoms with van der Waals surface area (Å²) in [4.78, 5) is 13.9. The van der Waals surface area contributed by atoms with E-state index in [0.717, 1.165) is 29.0 Å². The zero-order valence-electron chi connectivity index (χ0n) is 14.7. The number of aliphatic carboxylic acids is 1. The van der Waals surface area contributed by atoms with Gasteiger partial charge in [0.2, 0.25) is 0 Å². The number of ether oxygens (including phenoxy) is 1. The van der Waals surface area contributed by atoms with Gasteiger partial charge in [0.15, 0.2) is 0 Å². The number of methoxy groups -OCH3 is 1. The summed E-state index contributed by atoms with van der Waals surface area (Å²) >= 11 is 0. The van der Waals surface area contributed by atoms with Crippen LogP contribution in [0, 0.1) is 0 Å². The smallest absolute Gasteiger partial charge is 0.311 e. The van der Waals surface area contributed by atoms with Crippen molar-refractivity contribution in [3.8, 4) is 5.75 Å². The van der Waals surface area contributed by atoms with E-state index in [2.05, 4.69) is 6.92 Å². The largest absolute Gasteiger partial charge is 0.496 e. The molecular formula is C20H25NO3. The van der Waals surface area contributed by atoms with E-state index >= 15 is 0 Å². The van der Waals surface area contributed by atoms with Gasteiger partial charge in [-0.2, -0.15) is 0 Å². The van der Waals surface area contributed by atoms with Gasteiger partial charge in [0.05, 0.1) is 13.0 Å². The van der Waals surface area contributed by atoms with Gasteiger partial charge in [-0.15, -0.1) is 0 Å². The highest BCUT2D eigenvalue weighted by molar-refractivity contribution is 5.77. The molecule has 0 aliphatic rings. The second-order valence-electron chi connectivity index (χ2n) is 6.08. The first kappa shape index (κ1) is 17.9. The molecule has 4 heteroatoms. The average molecular weight is 327 g/mol. The van der Waals surface area contributed by atoms with Gasteiger partial charge in [-0.25, -0.2) is 0 Å². The molecule has 128 valence electrons. The van der Waals surface area contributed by atoms with E-state index in [0.29, 0.717) is 6.42 Å². The van der Waals surface area contributed by atoms with Crippen LogP contribution in [0.2, 0.25) is 0 Å². The maximum absolute atomic E-state index is 11.9. The van der Waals surface area contributed by atoms with Crippen molar-refractivity contribution in [3.63, 3.8) is 0 Å². The summed E-state index contributed by atoms with van der Waals surface area (Å²) in [5.74, 6) is -0.692. The molecule has 0 saturated carbocycles. The highest BCUT2D eigenvalue weighted by atomic mass is 16.5. The summed E-state index contributed by atoms with van der Waals surface area (Å²) in [6.45, 7) is 2.08. The zero-order chi connectivity index (χ0) is 17.7. The van der Waals surface area contributed by atoms with Crippen molar-refractivity contribution in [1.82, 2.24) is 0 Å². The highest BCUT2D eigenvalue weighted by Gasteiger charge is 2.22. The molecule has 0 aliphatic carbocycles. The summed E-state index contributed by atoms with van der Waals surface area (Å²) in [6, 6.07) is 13.7. The second-order valence-corrected chi connectivity index (χ2v) is 6.08. The Kier molecular flexibility index (Phi) is 5.85. The van der Waals surface area contributed by atoms with Crippen LogP contribution in [-0.2, 0) is 17.6 Å². The third kappa shape index (κ3) is 4.07. The summed E-state index contributed by atoms with van der Waals surface area (Å²) < 4.78 is 5.42. The third-order valence-electron chi connectivity index (χ3n) is 4.26. The van der Waals surface area contributed by atoms with E-state index in [4.69, 9.17) is 4.74 Å². The molecule has 0 heterocycles. The van der Waals surface area contributed by atoms with Crippen LogP contribution in [0.1, 0.15) is 29.5 Å². The molecule has 0 bridgehead atoms. The Morgan fingerprint density at radius 1 is 1.21 bits per heavy atom. The average Bonchev–Trinajstić information content (AvgIpc) is 2.59. The Bertz CT molecular complexity index is 710.